The summed E-state index contributed by atoms with van der Waals surface area (Å²) in [5.74, 6) is 0.392. The van der Waals surface area contributed by atoms with Crippen molar-refractivity contribution in [3.8, 4) is 22.4 Å². The van der Waals surface area contributed by atoms with Gasteiger partial charge in [0.15, 0.2) is 0 Å². The Morgan fingerprint density at radius 2 is 1.66 bits per heavy atom. The Bertz CT molecular complexity index is 1140. The predicted molar refractivity (Wildman–Crippen MR) is 118 cm³/mol. The lowest BCUT2D eigenvalue weighted by Crippen LogP contribution is -2.08. The zero-order valence-electron chi connectivity index (χ0n) is 16.1. The van der Waals surface area contributed by atoms with E-state index in [1.165, 1.54) is 12.8 Å². The van der Waals surface area contributed by atoms with Gasteiger partial charge in [-0.3, -0.25) is 0 Å². The van der Waals surface area contributed by atoms with E-state index >= 15 is 0 Å². The molecule has 0 saturated heterocycles. The van der Waals surface area contributed by atoms with Gasteiger partial charge in [0.2, 0.25) is 0 Å². The molecule has 4 heteroatoms. The van der Waals surface area contributed by atoms with Gasteiger partial charge in [0.05, 0.1) is 11.8 Å². The van der Waals surface area contributed by atoms with Crippen molar-refractivity contribution < 1.29 is 5.11 Å². The summed E-state index contributed by atoms with van der Waals surface area (Å²) in [6.45, 7) is 0. The van der Waals surface area contributed by atoms with Crippen molar-refractivity contribution >= 4 is 17.2 Å². The zero-order chi connectivity index (χ0) is 19.8. The van der Waals surface area contributed by atoms with Crippen LogP contribution in [0.5, 0.6) is 0 Å². The first-order valence-corrected chi connectivity index (χ1v) is 10.6. The zero-order valence-corrected chi connectivity index (χ0v) is 16.9. The highest BCUT2D eigenvalue weighted by Gasteiger charge is 2.24. The van der Waals surface area contributed by atoms with E-state index in [9.17, 15) is 5.11 Å². The van der Waals surface area contributed by atoms with Gasteiger partial charge in [0, 0.05) is 23.0 Å². The van der Waals surface area contributed by atoms with Gasteiger partial charge in [0.25, 0.3) is 0 Å². The summed E-state index contributed by atoms with van der Waals surface area (Å²) in [5.41, 5.74) is 6.11. The lowest BCUT2D eigenvalue weighted by Gasteiger charge is -2.18. The van der Waals surface area contributed by atoms with Crippen LogP contribution in [0.3, 0.4) is 0 Å². The van der Waals surface area contributed by atoms with Crippen LogP contribution in [0.4, 0.5) is 0 Å². The third-order valence-corrected chi connectivity index (χ3v) is 6.25. The van der Waals surface area contributed by atoms with Crippen molar-refractivity contribution in [1.82, 2.24) is 9.38 Å². The van der Waals surface area contributed by atoms with Gasteiger partial charge >= 0.3 is 0 Å². The van der Waals surface area contributed by atoms with Crippen molar-refractivity contribution in [2.24, 2.45) is 5.92 Å². The molecule has 0 aliphatic heterocycles. The second-order valence-electron chi connectivity index (χ2n) is 7.93. The Labute approximate surface area is 175 Å². The van der Waals surface area contributed by atoms with Crippen LogP contribution >= 0.6 is 11.6 Å². The van der Waals surface area contributed by atoms with Crippen LogP contribution in [0.15, 0.2) is 73.1 Å². The highest BCUT2D eigenvalue weighted by Crippen LogP contribution is 2.36. The van der Waals surface area contributed by atoms with Crippen molar-refractivity contribution in [2.75, 3.05) is 0 Å². The Balaban J connectivity index is 1.47. The van der Waals surface area contributed by atoms with Gasteiger partial charge in [-0.15, -0.1) is 0 Å². The molecule has 2 aromatic heterocycles. The fraction of sp³-hybridized carbons (Fsp3) is 0.240. The molecule has 3 nitrogen and oxygen atoms in total. The van der Waals surface area contributed by atoms with E-state index in [0.29, 0.717) is 5.92 Å². The molecular formula is C25H23ClN2O. The first kappa shape index (κ1) is 18.4. The van der Waals surface area contributed by atoms with E-state index in [0.717, 1.165) is 51.5 Å². The van der Waals surface area contributed by atoms with Crippen LogP contribution in [-0.2, 0) is 0 Å². The van der Waals surface area contributed by atoms with Gasteiger partial charge in [-0.05, 0) is 65.8 Å². The van der Waals surface area contributed by atoms with E-state index < -0.39 is 0 Å². The number of pyridine rings is 1. The second-order valence-corrected chi connectivity index (χ2v) is 8.37. The average Bonchev–Trinajstić information content (AvgIpc) is 3.43. The predicted octanol–water partition coefficient (Wildman–Crippen LogP) is 6.55. The monoisotopic (exact) mass is 402 g/mol. The Morgan fingerprint density at radius 1 is 0.897 bits per heavy atom. The molecule has 5 rings (SSSR count). The number of benzene rings is 2. The molecule has 1 N–H and O–H groups in total. The SMILES string of the molecule is OC(c1cccc(-c2ccc3nc(-c4ccc(Cl)cc4)cn3c2)c1)C1CCCC1. The summed E-state index contributed by atoms with van der Waals surface area (Å²) >= 11 is 6.00. The quantitative estimate of drug-likeness (QED) is 0.420. The number of nitrogens with zero attached hydrogens (tertiary/aromatic N) is 2. The number of aliphatic hydroxyl groups excluding tert-OH is 1. The number of aromatic nitrogens is 2. The molecule has 2 aromatic carbocycles. The first-order valence-electron chi connectivity index (χ1n) is 10.2. The smallest absolute Gasteiger partial charge is 0.137 e. The van der Waals surface area contributed by atoms with Crippen LogP contribution < -0.4 is 0 Å². The lowest BCUT2D eigenvalue weighted by atomic mass is 9.92. The van der Waals surface area contributed by atoms with Crippen LogP contribution in [0.2, 0.25) is 5.02 Å². The van der Waals surface area contributed by atoms with E-state index in [4.69, 9.17) is 16.6 Å². The summed E-state index contributed by atoms with van der Waals surface area (Å²) in [4.78, 5) is 4.73. The fourth-order valence-electron chi connectivity index (χ4n) is 4.37. The number of fused-ring (bicyclic) bond motifs is 1. The van der Waals surface area contributed by atoms with Crippen molar-refractivity contribution in [3.63, 3.8) is 0 Å². The van der Waals surface area contributed by atoms with Gasteiger partial charge < -0.3 is 9.51 Å². The number of imidazole rings is 1. The molecule has 1 aliphatic rings. The molecule has 1 fully saturated rings. The van der Waals surface area contributed by atoms with E-state index in [2.05, 4.69) is 28.8 Å². The van der Waals surface area contributed by atoms with Crippen molar-refractivity contribution in [2.45, 2.75) is 31.8 Å². The third-order valence-electron chi connectivity index (χ3n) is 6.00. The third kappa shape index (κ3) is 3.68. The highest BCUT2D eigenvalue weighted by atomic mass is 35.5. The van der Waals surface area contributed by atoms with Gasteiger partial charge in [-0.2, -0.15) is 0 Å². The lowest BCUT2D eigenvalue weighted by molar-refractivity contribution is 0.111. The number of hydrogen-bond acceptors (Lipinski definition) is 2. The number of hydrogen-bond donors (Lipinski definition) is 1. The van der Waals surface area contributed by atoms with E-state index in [-0.39, 0.29) is 6.10 Å². The summed E-state index contributed by atoms with van der Waals surface area (Å²) in [6.07, 6.45) is 8.48. The Kier molecular flexibility index (Phi) is 4.86. The molecule has 4 aromatic rings. The van der Waals surface area contributed by atoms with Crippen LogP contribution in [0.25, 0.3) is 28.0 Å². The minimum absolute atomic E-state index is 0.370. The maximum absolute atomic E-state index is 10.8. The molecular weight excluding hydrogens is 380 g/mol. The molecule has 2 heterocycles. The van der Waals surface area contributed by atoms with Crippen molar-refractivity contribution in [3.05, 3.63) is 83.6 Å². The molecule has 29 heavy (non-hydrogen) atoms. The Morgan fingerprint density at radius 3 is 2.45 bits per heavy atom. The summed E-state index contributed by atoms with van der Waals surface area (Å²) in [7, 11) is 0. The largest absolute Gasteiger partial charge is 0.388 e. The van der Waals surface area contributed by atoms with Crippen LogP contribution in [0, 0.1) is 5.92 Å². The van der Waals surface area contributed by atoms with Gasteiger partial charge in [-0.25, -0.2) is 4.98 Å². The normalized spacial score (nSPS) is 15.8. The minimum atomic E-state index is -0.370. The summed E-state index contributed by atoms with van der Waals surface area (Å²) < 4.78 is 2.05. The topological polar surface area (TPSA) is 37.5 Å². The molecule has 1 saturated carbocycles. The van der Waals surface area contributed by atoms with E-state index in [1.54, 1.807) is 0 Å². The van der Waals surface area contributed by atoms with E-state index in [1.807, 2.05) is 48.7 Å². The molecule has 1 atom stereocenters. The molecule has 146 valence electrons. The molecule has 0 radical (unpaired) electrons. The molecule has 0 bridgehead atoms. The maximum Gasteiger partial charge on any atom is 0.137 e. The van der Waals surface area contributed by atoms with Crippen molar-refractivity contribution in [1.29, 1.82) is 0 Å². The minimum Gasteiger partial charge on any atom is -0.388 e. The van der Waals surface area contributed by atoms with Gasteiger partial charge in [0.1, 0.15) is 5.65 Å². The molecule has 0 spiro atoms. The summed E-state index contributed by atoms with van der Waals surface area (Å²) in [6, 6.07) is 20.2. The Hall–Kier alpha value is -2.62. The molecule has 0 amide bonds. The number of rotatable bonds is 4. The molecule has 1 aliphatic carbocycles. The maximum atomic E-state index is 10.8. The van der Waals surface area contributed by atoms with Crippen LogP contribution in [-0.4, -0.2) is 14.5 Å². The fourth-order valence-corrected chi connectivity index (χ4v) is 4.50. The standard InChI is InChI=1S/C25H23ClN2O/c26-22-11-8-17(9-12-22)23-16-28-15-21(10-13-24(28)27-23)19-6-3-7-20(14-19)25(29)18-4-1-2-5-18/h3,6-16,18,25,29H,1-2,4-5H2. The van der Waals surface area contributed by atoms with Crippen LogP contribution in [0.1, 0.15) is 37.4 Å². The second kappa shape index (κ2) is 7.66. The summed E-state index contributed by atoms with van der Waals surface area (Å²) in [5, 5.41) is 11.5. The number of aliphatic hydroxyl groups is 1. The number of halogens is 1. The van der Waals surface area contributed by atoms with Gasteiger partial charge in [-0.1, -0.05) is 54.8 Å². The first-order chi connectivity index (χ1) is 14.2. The average molecular weight is 403 g/mol. The highest BCUT2D eigenvalue weighted by molar-refractivity contribution is 6.30. The molecule has 1 unspecified atom stereocenters.